The third kappa shape index (κ3) is 5.59. The van der Waals surface area contributed by atoms with Crippen LogP contribution in [0.15, 0.2) is 0 Å². The highest BCUT2D eigenvalue weighted by Crippen LogP contribution is 2.34. The summed E-state index contributed by atoms with van der Waals surface area (Å²) >= 11 is 1.98. The van der Waals surface area contributed by atoms with Crippen LogP contribution in [0.25, 0.3) is 0 Å². The van der Waals surface area contributed by atoms with E-state index in [9.17, 15) is 9.59 Å². The number of carbonyl (C=O) groups is 2. The van der Waals surface area contributed by atoms with Gasteiger partial charge < -0.3 is 23.7 Å². The molecule has 0 amide bonds. The summed E-state index contributed by atoms with van der Waals surface area (Å²) in [4.78, 5) is 24.8. The molecule has 0 N–H and O–H groups in total. The Bertz CT molecular complexity index is 498. The van der Waals surface area contributed by atoms with E-state index in [2.05, 4.69) is 0 Å². The molecule has 2 atom stereocenters. The van der Waals surface area contributed by atoms with Crippen LogP contribution in [0, 0.1) is 5.92 Å². The summed E-state index contributed by atoms with van der Waals surface area (Å²) in [5.41, 5.74) is 0. The maximum absolute atomic E-state index is 12.8. The molecule has 0 aromatic carbocycles. The van der Waals surface area contributed by atoms with E-state index in [0.717, 1.165) is 0 Å². The standard InChI is InChI=1S/C17H27IO7/c1-15(2,18)14(20)21-7-10(19)13(11-8-22-16(3,4)24-11)12-9-23-17(5,6)25-12/h11-13H,7-9H2,1-6H3. The van der Waals surface area contributed by atoms with Gasteiger partial charge in [0.05, 0.1) is 31.3 Å². The van der Waals surface area contributed by atoms with Crippen molar-refractivity contribution in [1.82, 2.24) is 0 Å². The zero-order chi connectivity index (χ0) is 19.0. The van der Waals surface area contributed by atoms with Crippen LogP contribution in [0.3, 0.4) is 0 Å². The number of rotatable bonds is 6. The highest BCUT2D eigenvalue weighted by Gasteiger charge is 2.48. The summed E-state index contributed by atoms with van der Waals surface area (Å²) in [6.45, 7) is 10.9. The molecule has 0 aliphatic carbocycles. The molecule has 2 aliphatic heterocycles. The highest BCUT2D eigenvalue weighted by molar-refractivity contribution is 14.1. The fourth-order valence-electron chi connectivity index (χ4n) is 2.84. The van der Waals surface area contributed by atoms with Crippen LogP contribution in [0.2, 0.25) is 0 Å². The molecule has 2 fully saturated rings. The molecule has 2 unspecified atom stereocenters. The molecular formula is C17H27IO7. The van der Waals surface area contributed by atoms with Crippen molar-refractivity contribution in [1.29, 1.82) is 0 Å². The molecule has 0 bridgehead atoms. The highest BCUT2D eigenvalue weighted by atomic mass is 127. The number of ether oxygens (including phenoxy) is 5. The van der Waals surface area contributed by atoms with Gasteiger partial charge in [-0.1, -0.05) is 22.6 Å². The lowest BCUT2D eigenvalue weighted by atomic mass is 9.92. The summed E-state index contributed by atoms with van der Waals surface area (Å²) in [7, 11) is 0. The number of ketones is 1. The Morgan fingerprint density at radius 2 is 1.52 bits per heavy atom. The van der Waals surface area contributed by atoms with Crippen molar-refractivity contribution in [3.8, 4) is 0 Å². The van der Waals surface area contributed by atoms with E-state index in [1.165, 1.54) is 0 Å². The fourth-order valence-corrected chi connectivity index (χ4v) is 3.00. The van der Waals surface area contributed by atoms with Gasteiger partial charge in [-0.3, -0.25) is 9.59 Å². The summed E-state index contributed by atoms with van der Waals surface area (Å²) in [6.07, 6.45) is -0.951. The predicted molar refractivity (Wildman–Crippen MR) is 97.4 cm³/mol. The number of esters is 1. The molecule has 0 aromatic rings. The van der Waals surface area contributed by atoms with Crippen molar-refractivity contribution in [2.45, 2.75) is 68.7 Å². The first-order valence-electron chi connectivity index (χ1n) is 8.33. The average Bonchev–Trinajstić information content (AvgIpc) is 2.98. The van der Waals surface area contributed by atoms with Crippen molar-refractivity contribution >= 4 is 34.3 Å². The van der Waals surface area contributed by atoms with E-state index in [0.29, 0.717) is 0 Å². The molecule has 7 nitrogen and oxygen atoms in total. The molecule has 0 spiro atoms. The lowest BCUT2D eigenvalue weighted by molar-refractivity contribution is -0.173. The topological polar surface area (TPSA) is 80.3 Å². The van der Waals surface area contributed by atoms with E-state index in [1.54, 1.807) is 41.5 Å². The number of carbonyl (C=O) groups excluding carboxylic acids is 2. The fraction of sp³-hybridized carbons (Fsp3) is 0.882. The third-order valence-electron chi connectivity index (χ3n) is 4.06. The molecule has 25 heavy (non-hydrogen) atoms. The Labute approximate surface area is 162 Å². The lowest BCUT2D eigenvalue weighted by Crippen LogP contribution is -2.44. The minimum atomic E-state index is -0.765. The number of hydrogen-bond donors (Lipinski definition) is 0. The minimum Gasteiger partial charge on any atom is -0.457 e. The van der Waals surface area contributed by atoms with Crippen LogP contribution in [-0.4, -0.2) is 58.8 Å². The molecule has 144 valence electrons. The third-order valence-corrected chi connectivity index (χ3v) is 4.50. The van der Waals surface area contributed by atoms with Gasteiger partial charge in [-0.2, -0.15) is 0 Å². The molecule has 2 saturated heterocycles. The molecular weight excluding hydrogens is 443 g/mol. The van der Waals surface area contributed by atoms with E-state index >= 15 is 0 Å². The number of hydrogen-bond acceptors (Lipinski definition) is 7. The van der Waals surface area contributed by atoms with Gasteiger partial charge in [-0.15, -0.1) is 0 Å². The molecule has 2 rings (SSSR count). The maximum atomic E-state index is 12.8. The summed E-state index contributed by atoms with van der Waals surface area (Å²) in [5, 5.41) is 0. The van der Waals surface area contributed by atoms with Crippen LogP contribution in [-0.2, 0) is 33.3 Å². The van der Waals surface area contributed by atoms with Gasteiger partial charge in [-0.25, -0.2) is 0 Å². The van der Waals surface area contributed by atoms with Crippen LogP contribution in [0.5, 0.6) is 0 Å². The van der Waals surface area contributed by atoms with Gasteiger partial charge >= 0.3 is 5.97 Å². The van der Waals surface area contributed by atoms with E-state index in [-0.39, 0.29) is 25.6 Å². The first kappa shape index (κ1) is 21.0. The Hall–Kier alpha value is -0.290. The first-order chi connectivity index (χ1) is 11.3. The van der Waals surface area contributed by atoms with Gasteiger partial charge in [0.25, 0.3) is 0 Å². The van der Waals surface area contributed by atoms with Crippen LogP contribution in [0.1, 0.15) is 41.5 Å². The smallest absolute Gasteiger partial charge is 0.321 e. The summed E-state index contributed by atoms with van der Waals surface area (Å²) < 4.78 is 27.4. The number of alkyl halides is 1. The Balaban J connectivity index is 2.09. The number of Topliss-reactive ketones (excluding diaryl/α,β-unsaturated/α-hetero) is 1. The first-order valence-corrected chi connectivity index (χ1v) is 9.41. The molecule has 2 aliphatic rings. The second-order valence-electron chi connectivity index (χ2n) is 7.77. The predicted octanol–water partition coefficient (Wildman–Crippen LogP) is 2.23. The van der Waals surface area contributed by atoms with Crippen LogP contribution < -0.4 is 0 Å². The zero-order valence-corrected chi connectivity index (χ0v) is 17.7. The van der Waals surface area contributed by atoms with E-state index in [4.69, 9.17) is 23.7 Å². The van der Waals surface area contributed by atoms with Gasteiger partial charge in [0.1, 0.15) is 3.42 Å². The van der Waals surface area contributed by atoms with E-state index < -0.39 is 39.1 Å². The second-order valence-corrected chi connectivity index (χ2v) is 10.5. The Morgan fingerprint density at radius 3 is 1.84 bits per heavy atom. The maximum Gasteiger partial charge on any atom is 0.321 e. The minimum absolute atomic E-state index is 0.258. The van der Waals surface area contributed by atoms with Crippen LogP contribution in [0.4, 0.5) is 0 Å². The molecule has 8 heteroatoms. The monoisotopic (exact) mass is 470 g/mol. The van der Waals surface area contributed by atoms with E-state index in [1.807, 2.05) is 22.6 Å². The van der Waals surface area contributed by atoms with Crippen molar-refractivity contribution in [3.63, 3.8) is 0 Å². The van der Waals surface area contributed by atoms with Gasteiger partial charge in [0, 0.05) is 0 Å². The van der Waals surface area contributed by atoms with Crippen LogP contribution >= 0.6 is 22.6 Å². The largest absolute Gasteiger partial charge is 0.457 e. The average molecular weight is 470 g/mol. The number of halogens is 1. The summed E-state index contributed by atoms with van der Waals surface area (Å²) in [5.74, 6) is -2.86. The lowest BCUT2D eigenvalue weighted by Gasteiger charge is -2.28. The SMILES string of the molecule is CC1(C)OCC(C(C(=O)COC(=O)C(C)(C)I)C2COC(C)(C)O2)O1. The van der Waals surface area contributed by atoms with Gasteiger partial charge in [-0.05, 0) is 41.5 Å². The van der Waals surface area contributed by atoms with Crippen molar-refractivity contribution in [2.24, 2.45) is 5.92 Å². The molecule has 0 radical (unpaired) electrons. The zero-order valence-electron chi connectivity index (χ0n) is 15.6. The Morgan fingerprint density at radius 1 is 1.08 bits per heavy atom. The molecule has 2 heterocycles. The summed E-state index contributed by atoms with van der Waals surface area (Å²) in [6, 6.07) is 0. The quantitative estimate of drug-likeness (QED) is 0.335. The Kier molecular flexibility index (Phi) is 6.20. The van der Waals surface area contributed by atoms with Crippen molar-refractivity contribution in [2.75, 3.05) is 19.8 Å². The molecule has 0 aromatic heterocycles. The van der Waals surface area contributed by atoms with Gasteiger partial charge in [0.2, 0.25) is 0 Å². The molecule has 0 saturated carbocycles. The van der Waals surface area contributed by atoms with Gasteiger partial charge in [0.15, 0.2) is 24.0 Å². The second kappa shape index (κ2) is 7.38. The van der Waals surface area contributed by atoms with Crippen molar-refractivity contribution < 1.29 is 33.3 Å². The van der Waals surface area contributed by atoms with Crippen molar-refractivity contribution in [3.05, 3.63) is 0 Å². The normalized spacial score (nSPS) is 29.4.